The fourth-order valence-electron chi connectivity index (χ4n) is 1.77. The summed E-state index contributed by atoms with van der Waals surface area (Å²) >= 11 is 5.71. The van der Waals surface area contributed by atoms with Crippen molar-refractivity contribution in [2.75, 3.05) is 0 Å². The molecule has 1 heterocycles. The van der Waals surface area contributed by atoms with Crippen LogP contribution in [0.4, 0.5) is 0 Å². The van der Waals surface area contributed by atoms with Gasteiger partial charge >= 0.3 is 5.97 Å². The lowest BCUT2D eigenvalue weighted by Gasteiger charge is -2.26. The molecule has 0 aliphatic rings. The molecule has 0 bridgehead atoms. The van der Waals surface area contributed by atoms with E-state index in [2.05, 4.69) is 5.32 Å². The highest BCUT2D eigenvalue weighted by Gasteiger charge is 2.37. The summed E-state index contributed by atoms with van der Waals surface area (Å²) in [5.74, 6) is -1.78. The number of amides is 1. The zero-order valence-electron chi connectivity index (χ0n) is 10.6. The number of benzene rings is 1. The fourth-order valence-corrected chi connectivity index (χ4v) is 1.97. The quantitative estimate of drug-likeness (QED) is 0.908. The van der Waals surface area contributed by atoms with E-state index in [1.165, 1.54) is 19.3 Å². The summed E-state index contributed by atoms with van der Waals surface area (Å²) in [7, 11) is 0. The molecule has 1 aromatic heterocycles. The minimum Gasteiger partial charge on any atom is -0.479 e. The first-order valence-corrected chi connectivity index (χ1v) is 6.17. The lowest BCUT2D eigenvalue weighted by Crippen LogP contribution is -2.49. The largest absolute Gasteiger partial charge is 0.479 e. The van der Waals surface area contributed by atoms with E-state index >= 15 is 0 Å². The molecule has 0 aliphatic carbocycles. The number of furan rings is 1. The SMILES string of the molecule is CC(NC(=O)c1ccoc1Cl)(C(=O)O)c1ccccc1. The van der Waals surface area contributed by atoms with Crippen LogP contribution in [-0.4, -0.2) is 17.0 Å². The van der Waals surface area contributed by atoms with Gasteiger partial charge in [0.1, 0.15) is 0 Å². The number of rotatable bonds is 4. The van der Waals surface area contributed by atoms with Crippen LogP contribution in [0.1, 0.15) is 22.8 Å². The first kappa shape index (κ1) is 14.1. The first-order chi connectivity index (χ1) is 9.45. The van der Waals surface area contributed by atoms with Gasteiger partial charge in [-0.3, -0.25) is 4.79 Å². The molecule has 6 heteroatoms. The highest BCUT2D eigenvalue weighted by atomic mass is 35.5. The highest BCUT2D eigenvalue weighted by Crippen LogP contribution is 2.23. The van der Waals surface area contributed by atoms with Gasteiger partial charge in [0.15, 0.2) is 5.54 Å². The minimum atomic E-state index is -1.56. The van der Waals surface area contributed by atoms with E-state index in [9.17, 15) is 14.7 Å². The number of carboxylic acid groups (broad SMARTS) is 1. The molecular weight excluding hydrogens is 282 g/mol. The molecule has 0 fully saturated rings. The van der Waals surface area contributed by atoms with Crippen LogP contribution in [0.25, 0.3) is 0 Å². The van der Waals surface area contributed by atoms with Gasteiger partial charge in [0.2, 0.25) is 5.22 Å². The van der Waals surface area contributed by atoms with Gasteiger partial charge in [-0.25, -0.2) is 4.79 Å². The maximum Gasteiger partial charge on any atom is 0.333 e. The number of halogens is 1. The smallest absolute Gasteiger partial charge is 0.333 e. The molecule has 0 saturated heterocycles. The van der Waals surface area contributed by atoms with Gasteiger partial charge in [-0.1, -0.05) is 30.3 Å². The van der Waals surface area contributed by atoms with E-state index in [4.69, 9.17) is 16.0 Å². The molecule has 0 aliphatic heterocycles. The lowest BCUT2D eigenvalue weighted by atomic mass is 9.92. The van der Waals surface area contributed by atoms with Gasteiger partial charge in [-0.2, -0.15) is 0 Å². The summed E-state index contributed by atoms with van der Waals surface area (Å²) in [6.07, 6.45) is 1.26. The minimum absolute atomic E-state index is 0.0803. The molecule has 2 aromatic rings. The summed E-state index contributed by atoms with van der Waals surface area (Å²) in [5, 5.41) is 11.8. The van der Waals surface area contributed by atoms with Crippen LogP contribution in [0.2, 0.25) is 5.22 Å². The van der Waals surface area contributed by atoms with E-state index in [1.54, 1.807) is 30.3 Å². The second-order valence-corrected chi connectivity index (χ2v) is 4.70. The van der Waals surface area contributed by atoms with Crippen molar-refractivity contribution in [3.63, 3.8) is 0 Å². The fraction of sp³-hybridized carbons (Fsp3) is 0.143. The summed E-state index contributed by atoms with van der Waals surface area (Å²) in [6.45, 7) is 1.41. The van der Waals surface area contributed by atoms with Crippen LogP contribution < -0.4 is 5.32 Å². The van der Waals surface area contributed by atoms with E-state index < -0.39 is 17.4 Å². The molecule has 2 rings (SSSR count). The Labute approximate surface area is 120 Å². The Morgan fingerprint density at radius 1 is 1.25 bits per heavy atom. The van der Waals surface area contributed by atoms with E-state index in [0.717, 1.165) is 0 Å². The molecular formula is C14H12ClNO4. The number of hydrogen-bond acceptors (Lipinski definition) is 3. The predicted octanol–water partition coefficient (Wildman–Crippen LogP) is 2.66. The standard InChI is InChI=1S/C14H12ClNO4/c1-14(13(18)19,9-5-3-2-4-6-9)16-12(17)10-7-8-20-11(10)15/h2-8H,1H3,(H,16,17)(H,18,19). The monoisotopic (exact) mass is 293 g/mol. The zero-order valence-corrected chi connectivity index (χ0v) is 11.3. The van der Waals surface area contributed by atoms with E-state index in [0.29, 0.717) is 5.56 Å². The number of nitrogens with one attached hydrogen (secondary N) is 1. The molecule has 0 saturated carbocycles. The molecule has 0 radical (unpaired) electrons. The summed E-state index contributed by atoms with van der Waals surface area (Å²) in [4.78, 5) is 23.6. The maximum atomic E-state index is 12.1. The van der Waals surface area contributed by atoms with Crippen molar-refractivity contribution in [3.8, 4) is 0 Å². The predicted molar refractivity (Wildman–Crippen MR) is 72.6 cm³/mol. The van der Waals surface area contributed by atoms with Crippen LogP contribution in [0, 0.1) is 0 Å². The van der Waals surface area contributed by atoms with Crippen LogP contribution >= 0.6 is 11.6 Å². The number of carboxylic acids is 1. The van der Waals surface area contributed by atoms with E-state index in [1.807, 2.05) is 0 Å². The Kier molecular flexibility index (Phi) is 3.81. The zero-order chi connectivity index (χ0) is 14.8. The molecule has 1 aromatic carbocycles. The second kappa shape index (κ2) is 5.38. The van der Waals surface area contributed by atoms with Gasteiger partial charge in [-0.15, -0.1) is 0 Å². The Morgan fingerprint density at radius 2 is 1.90 bits per heavy atom. The first-order valence-electron chi connectivity index (χ1n) is 5.79. The van der Waals surface area contributed by atoms with Crippen LogP contribution in [0.5, 0.6) is 0 Å². The van der Waals surface area contributed by atoms with Crippen molar-refractivity contribution in [2.24, 2.45) is 0 Å². The summed E-state index contributed by atoms with van der Waals surface area (Å²) < 4.78 is 4.82. The third-order valence-corrected chi connectivity index (χ3v) is 3.30. The average molecular weight is 294 g/mol. The number of hydrogen-bond donors (Lipinski definition) is 2. The Morgan fingerprint density at radius 3 is 2.40 bits per heavy atom. The van der Waals surface area contributed by atoms with Crippen molar-refractivity contribution < 1.29 is 19.1 Å². The third-order valence-electron chi connectivity index (χ3n) is 3.01. The Bertz CT molecular complexity index is 638. The topological polar surface area (TPSA) is 79.5 Å². The van der Waals surface area contributed by atoms with Gasteiger partial charge < -0.3 is 14.8 Å². The van der Waals surface area contributed by atoms with Crippen molar-refractivity contribution >= 4 is 23.5 Å². The van der Waals surface area contributed by atoms with Crippen LogP contribution in [0.15, 0.2) is 47.1 Å². The Balaban J connectivity index is 2.34. The average Bonchev–Trinajstić information content (AvgIpc) is 2.85. The summed E-state index contributed by atoms with van der Waals surface area (Å²) in [5.41, 5.74) is -1.01. The Hall–Kier alpha value is -2.27. The maximum absolute atomic E-state index is 12.1. The number of aliphatic carboxylic acids is 1. The molecule has 1 amide bonds. The number of carbonyl (C=O) groups excluding carboxylic acids is 1. The molecule has 0 spiro atoms. The normalized spacial score (nSPS) is 13.5. The van der Waals surface area contributed by atoms with Crippen molar-refractivity contribution in [1.29, 1.82) is 0 Å². The highest BCUT2D eigenvalue weighted by molar-refractivity contribution is 6.32. The molecule has 2 N–H and O–H groups in total. The molecule has 5 nitrogen and oxygen atoms in total. The van der Waals surface area contributed by atoms with Crippen molar-refractivity contribution in [3.05, 3.63) is 59.0 Å². The molecule has 104 valence electrons. The van der Waals surface area contributed by atoms with Crippen LogP contribution in [-0.2, 0) is 10.3 Å². The molecule has 20 heavy (non-hydrogen) atoms. The van der Waals surface area contributed by atoms with Crippen LogP contribution in [0.3, 0.4) is 0 Å². The molecule has 1 unspecified atom stereocenters. The van der Waals surface area contributed by atoms with Gasteiger partial charge in [-0.05, 0) is 30.2 Å². The molecule has 1 atom stereocenters. The van der Waals surface area contributed by atoms with Gasteiger partial charge in [0, 0.05) is 0 Å². The lowest BCUT2D eigenvalue weighted by molar-refractivity contribution is -0.144. The van der Waals surface area contributed by atoms with Gasteiger partial charge in [0.25, 0.3) is 5.91 Å². The van der Waals surface area contributed by atoms with Gasteiger partial charge in [0.05, 0.1) is 11.8 Å². The third kappa shape index (κ3) is 2.53. The summed E-state index contributed by atoms with van der Waals surface area (Å²) in [6, 6.07) is 9.81. The van der Waals surface area contributed by atoms with Crippen molar-refractivity contribution in [1.82, 2.24) is 5.32 Å². The van der Waals surface area contributed by atoms with E-state index in [-0.39, 0.29) is 10.8 Å². The van der Waals surface area contributed by atoms with Crippen molar-refractivity contribution in [2.45, 2.75) is 12.5 Å². The second-order valence-electron chi connectivity index (χ2n) is 4.36. The number of carbonyl (C=O) groups is 2.